The Bertz CT molecular complexity index is 228. The maximum Gasteiger partial charge on any atom is 0.0130 e. The van der Waals surface area contributed by atoms with Gasteiger partial charge in [-0.1, -0.05) is 33.6 Å². The molecule has 0 spiro atoms. The molecule has 102 valence electrons. The van der Waals surface area contributed by atoms with E-state index >= 15 is 0 Å². The van der Waals surface area contributed by atoms with Gasteiger partial charge in [0.2, 0.25) is 0 Å². The van der Waals surface area contributed by atoms with Crippen LogP contribution in [0.15, 0.2) is 0 Å². The Balaban J connectivity index is 2.37. The molecule has 0 aromatic rings. The highest BCUT2D eigenvalue weighted by molar-refractivity contribution is 4.87. The summed E-state index contributed by atoms with van der Waals surface area (Å²) in [5, 5.41) is 3.74. The average Bonchev–Trinajstić information content (AvgIpc) is 2.13. The van der Waals surface area contributed by atoms with Gasteiger partial charge in [-0.05, 0) is 51.0 Å². The largest absolute Gasteiger partial charge is 0.327 e. The van der Waals surface area contributed by atoms with E-state index in [1.165, 1.54) is 32.1 Å². The van der Waals surface area contributed by atoms with Crippen LogP contribution in [0.3, 0.4) is 0 Å². The summed E-state index contributed by atoms with van der Waals surface area (Å²) < 4.78 is 0. The predicted molar refractivity (Wildman–Crippen MR) is 76.1 cm³/mol. The van der Waals surface area contributed by atoms with Crippen LogP contribution in [0.1, 0.15) is 66.7 Å². The molecule has 2 atom stereocenters. The number of nitrogens with two attached hydrogens (primary N) is 1. The fourth-order valence-corrected chi connectivity index (χ4v) is 3.29. The SMILES string of the molecule is CC(C)(C)CC(C)(C)NCC1CCCCC1N. The Morgan fingerprint density at radius 3 is 2.18 bits per heavy atom. The van der Waals surface area contributed by atoms with Crippen molar-refractivity contribution in [3.8, 4) is 0 Å². The zero-order chi connectivity index (χ0) is 13.1. The lowest BCUT2D eigenvalue weighted by atomic mass is 9.80. The molecule has 17 heavy (non-hydrogen) atoms. The van der Waals surface area contributed by atoms with Crippen LogP contribution in [0.2, 0.25) is 0 Å². The second-order valence-corrected chi connectivity index (χ2v) is 7.71. The minimum Gasteiger partial charge on any atom is -0.327 e. The zero-order valence-electron chi connectivity index (χ0n) is 12.5. The van der Waals surface area contributed by atoms with Crippen LogP contribution >= 0.6 is 0 Å². The first-order valence-corrected chi connectivity index (χ1v) is 7.20. The molecule has 0 heterocycles. The Labute approximate surface area is 108 Å². The summed E-state index contributed by atoms with van der Waals surface area (Å²) >= 11 is 0. The summed E-state index contributed by atoms with van der Waals surface area (Å²) in [5.41, 5.74) is 6.79. The van der Waals surface area contributed by atoms with Crippen molar-refractivity contribution in [1.82, 2.24) is 5.32 Å². The van der Waals surface area contributed by atoms with Gasteiger partial charge in [-0.2, -0.15) is 0 Å². The Morgan fingerprint density at radius 1 is 1.06 bits per heavy atom. The summed E-state index contributed by atoms with van der Waals surface area (Å²) in [5.74, 6) is 0.683. The third-order valence-corrected chi connectivity index (χ3v) is 3.78. The average molecular weight is 240 g/mol. The second-order valence-electron chi connectivity index (χ2n) is 7.71. The molecule has 1 aliphatic carbocycles. The van der Waals surface area contributed by atoms with Crippen LogP contribution in [0.25, 0.3) is 0 Å². The van der Waals surface area contributed by atoms with Crippen molar-refractivity contribution in [3.63, 3.8) is 0 Å². The third-order valence-electron chi connectivity index (χ3n) is 3.78. The van der Waals surface area contributed by atoms with Crippen molar-refractivity contribution in [2.75, 3.05) is 6.54 Å². The van der Waals surface area contributed by atoms with Crippen molar-refractivity contribution >= 4 is 0 Å². The van der Waals surface area contributed by atoms with Gasteiger partial charge in [0, 0.05) is 11.6 Å². The van der Waals surface area contributed by atoms with Gasteiger partial charge in [-0.15, -0.1) is 0 Å². The summed E-state index contributed by atoms with van der Waals surface area (Å²) in [6.45, 7) is 12.6. The third kappa shape index (κ3) is 5.87. The van der Waals surface area contributed by atoms with Crippen LogP contribution in [-0.2, 0) is 0 Å². The molecule has 0 aliphatic heterocycles. The van der Waals surface area contributed by atoms with E-state index in [0.717, 1.165) is 6.54 Å². The lowest BCUT2D eigenvalue weighted by Crippen LogP contribution is -2.48. The normalized spacial score (nSPS) is 27.2. The van der Waals surface area contributed by atoms with Gasteiger partial charge in [0.15, 0.2) is 0 Å². The molecule has 0 aromatic carbocycles. The van der Waals surface area contributed by atoms with Crippen molar-refractivity contribution in [1.29, 1.82) is 0 Å². The number of hydrogen-bond donors (Lipinski definition) is 2. The summed E-state index contributed by atoms with van der Waals surface area (Å²) in [6, 6.07) is 0.418. The van der Waals surface area contributed by atoms with Gasteiger partial charge in [0.1, 0.15) is 0 Å². The molecule has 1 fully saturated rings. The molecule has 2 unspecified atom stereocenters. The predicted octanol–water partition coefficient (Wildman–Crippen LogP) is 3.31. The van der Waals surface area contributed by atoms with Crippen molar-refractivity contribution in [2.45, 2.75) is 78.3 Å². The minimum absolute atomic E-state index is 0.218. The second kappa shape index (κ2) is 5.71. The summed E-state index contributed by atoms with van der Waals surface area (Å²) in [4.78, 5) is 0. The first kappa shape index (κ1) is 15.0. The van der Waals surface area contributed by atoms with Gasteiger partial charge >= 0.3 is 0 Å². The number of hydrogen-bond acceptors (Lipinski definition) is 2. The monoisotopic (exact) mass is 240 g/mol. The molecule has 3 N–H and O–H groups in total. The van der Waals surface area contributed by atoms with E-state index in [2.05, 4.69) is 39.9 Å². The van der Waals surface area contributed by atoms with Crippen LogP contribution in [-0.4, -0.2) is 18.1 Å². The molecule has 0 radical (unpaired) electrons. The molecule has 1 aliphatic rings. The van der Waals surface area contributed by atoms with E-state index in [1.54, 1.807) is 0 Å². The molecule has 1 rings (SSSR count). The molecular weight excluding hydrogens is 208 g/mol. The minimum atomic E-state index is 0.218. The molecule has 1 saturated carbocycles. The number of nitrogens with one attached hydrogen (secondary N) is 1. The molecule has 0 saturated heterocycles. The van der Waals surface area contributed by atoms with Crippen LogP contribution in [0.5, 0.6) is 0 Å². The van der Waals surface area contributed by atoms with Gasteiger partial charge in [-0.25, -0.2) is 0 Å². The highest BCUT2D eigenvalue weighted by atomic mass is 15.0. The zero-order valence-corrected chi connectivity index (χ0v) is 12.5. The highest BCUT2D eigenvalue weighted by Crippen LogP contribution is 2.28. The van der Waals surface area contributed by atoms with E-state index in [0.29, 0.717) is 17.4 Å². The van der Waals surface area contributed by atoms with Crippen molar-refractivity contribution in [3.05, 3.63) is 0 Å². The Morgan fingerprint density at radius 2 is 1.65 bits per heavy atom. The highest BCUT2D eigenvalue weighted by Gasteiger charge is 2.28. The number of rotatable bonds is 4. The summed E-state index contributed by atoms with van der Waals surface area (Å²) in [6.07, 6.45) is 6.40. The molecule has 0 bridgehead atoms. The standard InChI is InChI=1S/C15H32N2/c1-14(2,3)11-15(4,5)17-10-12-8-6-7-9-13(12)16/h12-13,17H,6-11,16H2,1-5H3. The van der Waals surface area contributed by atoms with Crippen LogP contribution in [0.4, 0.5) is 0 Å². The first-order chi connectivity index (χ1) is 7.70. The van der Waals surface area contributed by atoms with Crippen LogP contribution in [0, 0.1) is 11.3 Å². The maximum absolute atomic E-state index is 6.20. The Hall–Kier alpha value is -0.0800. The quantitative estimate of drug-likeness (QED) is 0.791. The lowest BCUT2D eigenvalue weighted by molar-refractivity contribution is 0.212. The summed E-state index contributed by atoms with van der Waals surface area (Å²) in [7, 11) is 0. The van der Waals surface area contributed by atoms with Crippen LogP contribution < -0.4 is 11.1 Å². The fraction of sp³-hybridized carbons (Fsp3) is 1.00. The molecule has 0 amide bonds. The smallest absolute Gasteiger partial charge is 0.0130 e. The van der Waals surface area contributed by atoms with E-state index < -0.39 is 0 Å². The first-order valence-electron chi connectivity index (χ1n) is 7.20. The van der Waals surface area contributed by atoms with Gasteiger partial charge in [0.25, 0.3) is 0 Å². The van der Waals surface area contributed by atoms with Gasteiger partial charge in [-0.3, -0.25) is 0 Å². The maximum atomic E-state index is 6.20. The van der Waals surface area contributed by atoms with Crippen molar-refractivity contribution in [2.24, 2.45) is 17.1 Å². The topological polar surface area (TPSA) is 38.0 Å². The lowest BCUT2D eigenvalue weighted by Gasteiger charge is -2.37. The van der Waals surface area contributed by atoms with Gasteiger partial charge < -0.3 is 11.1 Å². The molecule has 2 nitrogen and oxygen atoms in total. The molecular formula is C15H32N2. The molecule has 2 heteroatoms. The Kier molecular flexibility index (Phi) is 5.03. The fourth-order valence-electron chi connectivity index (χ4n) is 3.29. The van der Waals surface area contributed by atoms with Crippen molar-refractivity contribution < 1.29 is 0 Å². The van der Waals surface area contributed by atoms with E-state index in [9.17, 15) is 0 Å². The van der Waals surface area contributed by atoms with E-state index in [-0.39, 0.29) is 5.54 Å². The van der Waals surface area contributed by atoms with Gasteiger partial charge in [0.05, 0.1) is 0 Å². The molecule has 0 aromatic heterocycles. The van der Waals surface area contributed by atoms with E-state index in [4.69, 9.17) is 5.73 Å². The van der Waals surface area contributed by atoms with E-state index in [1.807, 2.05) is 0 Å².